The van der Waals surface area contributed by atoms with Crippen molar-refractivity contribution in [3.63, 3.8) is 0 Å². The van der Waals surface area contributed by atoms with Crippen LogP contribution < -0.4 is 19.5 Å². The predicted molar refractivity (Wildman–Crippen MR) is 167 cm³/mol. The van der Waals surface area contributed by atoms with Gasteiger partial charge in [-0.25, -0.2) is 0 Å². The Balaban J connectivity index is 1.68. The molecule has 0 aliphatic heterocycles. The van der Waals surface area contributed by atoms with E-state index >= 15 is 0 Å². The van der Waals surface area contributed by atoms with Crippen molar-refractivity contribution in [2.24, 2.45) is 0 Å². The number of hydrogen-bond acceptors (Lipinski definition) is 6. The van der Waals surface area contributed by atoms with Crippen molar-refractivity contribution in [2.45, 2.75) is 27.7 Å². The van der Waals surface area contributed by atoms with Crippen molar-refractivity contribution in [3.8, 4) is 45.5 Å². The van der Waals surface area contributed by atoms with E-state index in [1.807, 2.05) is 87.5 Å². The largest absolute Gasteiger partial charge is 0.497 e. The highest BCUT2D eigenvalue weighted by Crippen LogP contribution is 2.45. The molecule has 4 aromatic carbocycles. The number of aromatic nitrogens is 2. The Hall–Kier alpha value is -5.37. The van der Waals surface area contributed by atoms with E-state index in [-0.39, 0.29) is 11.8 Å². The van der Waals surface area contributed by atoms with E-state index in [1.54, 1.807) is 37.1 Å². The van der Waals surface area contributed by atoms with Crippen LogP contribution in [0.15, 0.2) is 84.9 Å². The first-order valence-corrected chi connectivity index (χ1v) is 13.8. The molecule has 0 spiro atoms. The smallest absolute Gasteiger partial charge is 0.309 e. The summed E-state index contributed by atoms with van der Waals surface area (Å²) in [5.41, 5.74) is 7.59. The van der Waals surface area contributed by atoms with Gasteiger partial charge in [0, 0.05) is 29.8 Å². The molecule has 5 rings (SSSR count). The Morgan fingerprint density at radius 2 is 1.49 bits per heavy atom. The minimum Gasteiger partial charge on any atom is -0.497 e. The van der Waals surface area contributed by atoms with Gasteiger partial charge in [0.2, 0.25) is 5.88 Å². The van der Waals surface area contributed by atoms with E-state index in [0.717, 1.165) is 27.9 Å². The van der Waals surface area contributed by atoms with Gasteiger partial charge in [-0.15, -0.1) is 0 Å². The van der Waals surface area contributed by atoms with Gasteiger partial charge in [0.15, 0.2) is 0 Å². The molecule has 0 radical (unpaired) electrons. The molecule has 0 saturated heterocycles. The molecule has 1 aromatic heterocycles. The first-order chi connectivity index (χ1) is 20.7. The number of rotatable bonds is 8. The van der Waals surface area contributed by atoms with Gasteiger partial charge in [0.25, 0.3) is 5.91 Å². The van der Waals surface area contributed by atoms with E-state index in [4.69, 9.17) is 19.3 Å². The zero-order valence-corrected chi connectivity index (χ0v) is 25.0. The summed E-state index contributed by atoms with van der Waals surface area (Å²) in [5, 5.41) is 7.96. The fourth-order valence-corrected chi connectivity index (χ4v) is 4.82. The molecule has 0 bridgehead atoms. The number of aryl methyl sites for hydroxylation is 3. The Morgan fingerprint density at radius 1 is 0.791 bits per heavy atom. The average molecular weight is 576 g/mol. The second kappa shape index (κ2) is 12.2. The lowest BCUT2D eigenvalue weighted by molar-refractivity contribution is -0.132. The number of nitrogens with one attached hydrogen (secondary N) is 1. The van der Waals surface area contributed by atoms with Gasteiger partial charge in [0.1, 0.15) is 17.2 Å². The van der Waals surface area contributed by atoms with Gasteiger partial charge in [-0.1, -0.05) is 42.0 Å². The van der Waals surface area contributed by atoms with Crippen molar-refractivity contribution >= 4 is 17.6 Å². The maximum atomic E-state index is 12.8. The third-order valence-electron chi connectivity index (χ3n) is 7.09. The number of ether oxygens (including phenoxy) is 3. The van der Waals surface area contributed by atoms with Crippen LogP contribution in [0.25, 0.3) is 28.1 Å². The Kier molecular flexibility index (Phi) is 8.29. The van der Waals surface area contributed by atoms with Crippen molar-refractivity contribution in [3.05, 3.63) is 107 Å². The van der Waals surface area contributed by atoms with E-state index in [0.29, 0.717) is 39.6 Å². The fourth-order valence-electron chi connectivity index (χ4n) is 4.82. The molecule has 1 amide bonds. The highest BCUT2D eigenvalue weighted by atomic mass is 16.5. The summed E-state index contributed by atoms with van der Waals surface area (Å²) in [6, 6.07) is 26.2. The Morgan fingerprint density at radius 3 is 2.14 bits per heavy atom. The van der Waals surface area contributed by atoms with Crippen molar-refractivity contribution in [1.82, 2.24) is 9.78 Å². The van der Waals surface area contributed by atoms with E-state index in [1.165, 1.54) is 6.92 Å². The molecule has 0 aliphatic rings. The maximum Gasteiger partial charge on any atom is 0.309 e. The normalized spacial score (nSPS) is 10.7. The molecule has 0 fully saturated rings. The van der Waals surface area contributed by atoms with E-state index in [9.17, 15) is 9.59 Å². The first kappa shape index (κ1) is 29.1. The molecular weight excluding hydrogens is 542 g/mol. The number of benzene rings is 4. The monoisotopic (exact) mass is 575 g/mol. The third kappa shape index (κ3) is 6.13. The molecule has 0 unspecified atom stereocenters. The van der Waals surface area contributed by atoms with Crippen LogP contribution >= 0.6 is 0 Å². The Labute approximate surface area is 250 Å². The summed E-state index contributed by atoms with van der Waals surface area (Å²) in [5.74, 6) is 0.751. The minimum atomic E-state index is -0.483. The van der Waals surface area contributed by atoms with Gasteiger partial charge in [-0.2, -0.15) is 9.78 Å². The van der Waals surface area contributed by atoms with Crippen LogP contribution in [0.5, 0.6) is 17.4 Å². The second-order valence-corrected chi connectivity index (χ2v) is 10.3. The van der Waals surface area contributed by atoms with Crippen molar-refractivity contribution in [1.29, 1.82) is 0 Å². The number of carbonyl (C=O) groups is 2. The molecule has 8 heteroatoms. The molecule has 8 nitrogen and oxygen atoms in total. The number of esters is 1. The van der Waals surface area contributed by atoms with Gasteiger partial charge in [0.05, 0.1) is 25.5 Å². The summed E-state index contributed by atoms with van der Waals surface area (Å²) < 4.78 is 18.7. The van der Waals surface area contributed by atoms with E-state index < -0.39 is 5.97 Å². The SMILES string of the molecule is COc1ccc(-c2nn(-c3cc(C)ccc3C)c(OC(C)=O)c2-c2ccc(NC(=O)c3ccc(C)cc3)cc2)c(OC)c1. The number of anilines is 1. The fraction of sp³-hybridized carbons (Fsp3) is 0.171. The molecule has 0 aliphatic carbocycles. The molecule has 1 N–H and O–H groups in total. The summed E-state index contributed by atoms with van der Waals surface area (Å²) in [4.78, 5) is 25.3. The van der Waals surface area contributed by atoms with Crippen molar-refractivity contribution < 1.29 is 23.8 Å². The molecule has 1 heterocycles. The summed E-state index contributed by atoms with van der Waals surface area (Å²) in [6.07, 6.45) is 0. The van der Waals surface area contributed by atoms with Crippen LogP contribution in [-0.2, 0) is 4.79 Å². The highest BCUT2D eigenvalue weighted by molar-refractivity contribution is 6.04. The van der Waals surface area contributed by atoms with Crippen LogP contribution in [0.1, 0.15) is 34.0 Å². The number of carbonyl (C=O) groups excluding carboxylic acids is 2. The van der Waals surface area contributed by atoms with Crippen LogP contribution in [0.3, 0.4) is 0 Å². The number of amides is 1. The van der Waals surface area contributed by atoms with Crippen LogP contribution in [0, 0.1) is 20.8 Å². The number of nitrogens with zero attached hydrogens (tertiary/aromatic N) is 2. The summed E-state index contributed by atoms with van der Waals surface area (Å²) >= 11 is 0. The standard InChI is InChI=1S/C35H33N3O5/c1-21-8-11-26(12-9-21)34(40)36-27-15-13-25(14-16-27)32-33(29-18-17-28(41-5)20-31(29)42-6)37-38(35(32)43-24(4)39)30-19-22(2)7-10-23(30)3/h7-20H,1-6H3,(H,36,40). The van der Waals surface area contributed by atoms with Gasteiger partial charge in [-0.05, 0) is 79.9 Å². The summed E-state index contributed by atoms with van der Waals surface area (Å²) in [7, 11) is 3.17. The number of methoxy groups -OCH3 is 2. The lowest BCUT2D eigenvalue weighted by Crippen LogP contribution is -2.11. The quantitative estimate of drug-likeness (QED) is 0.195. The molecule has 0 saturated carbocycles. The molecule has 5 aromatic rings. The molecule has 43 heavy (non-hydrogen) atoms. The van der Waals surface area contributed by atoms with Crippen LogP contribution in [0.4, 0.5) is 5.69 Å². The molecule has 0 atom stereocenters. The van der Waals surface area contributed by atoms with Crippen LogP contribution in [-0.4, -0.2) is 35.9 Å². The maximum absolute atomic E-state index is 12.8. The zero-order chi connectivity index (χ0) is 30.7. The predicted octanol–water partition coefficient (Wildman–Crippen LogP) is 7.33. The molecular formula is C35H33N3O5. The van der Waals surface area contributed by atoms with Crippen molar-refractivity contribution in [2.75, 3.05) is 19.5 Å². The topological polar surface area (TPSA) is 91.7 Å². The lowest BCUT2D eigenvalue weighted by Gasteiger charge is -2.13. The zero-order valence-electron chi connectivity index (χ0n) is 25.0. The number of hydrogen-bond donors (Lipinski definition) is 1. The lowest BCUT2D eigenvalue weighted by atomic mass is 10.00. The van der Waals surface area contributed by atoms with E-state index in [2.05, 4.69) is 5.32 Å². The minimum absolute atomic E-state index is 0.209. The average Bonchev–Trinajstić information content (AvgIpc) is 3.36. The Bertz CT molecular complexity index is 1810. The van der Waals surface area contributed by atoms with Gasteiger partial charge < -0.3 is 19.5 Å². The van der Waals surface area contributed by atoms with Crippen LogP contribution in [0.2, 0.25) is 0 Å². The second-order valence-electron chi connectivity index (χ2n) is 10.3. The highest BCUT2D eigenvalue weighted by Gasteiger charge is 2.27. The first-order valence-electron chi connectivity index (χ1n) is 13.8. The van der Waals surface area contributed by atoms with Gasteiger partial charge in [-0.3, -0.25) is 9.59 Å². The molecule has 218 valence electrons. The third-order valence-corrected chi connectivity index (χ3v) is 7.09. The summed E-state index contributed by atoms with van der Waals surface area (Å²) in [6.45, 7) is 7.31. The van der Waals surface area contributed by atoms with Gasteiger partial charge >= 0.3 is 5.97 Å².